The number of carbonyl (C=O) groups excluding carboxylic acids is 1. The van der Waals surface area contributed by atoms with Gasteiger partial charge in [0.15, 0.2) is 0 Å². The van der Waals surface area contributed by atoms with E-state index < -0.39 is 10.0 Å². The van der Waals surface area contributed by atoms with Gasteiger partial charge in [-0.25, -0.2) is 8.42 Å². The summed E-state index contributed by atoms with van der Waals surface area (Å²) >= 11 is 0. The van der Waals surface area contributed by atoms with Crippen LogP contribution in [0.3, 0.4) is 0 Å². The van der Waals surface area contributed by atoms with Crippen molar-refractivity contribution >= 4 is 21.6 Å². The zero-order chi connectivity index (χ0) is 22.7. The Morgan fingerprint density at radius 2 is 1.69 bits per heavy atom. The van der Waals surface area contributed by atoms with E-state index in [1.807, 2.05) is 24.3 Å². The summed E-state index contributed by atoms with van der Waals surface area (Å²) in [5, 5.41) is 0. The van der Waals surface area contributed by atoms with Crippen molar-refractivity contribution in [2.45, 2.75) is 24.8 Å². The molecule has 0 saturated heterocycles. The third kappa shape index (κ3) is 4.34. The van der Waals surface area contributed by atoms with Crippen LogP contribution in [0.5, 0.6) is 5.75 Å². The van der Waals surface area contributed by atoms with Gasteiger partial charge in [0.05, 0.1) is 17.7 Å². The summed E-state index contributed by atoms with van der Waals surface area (Å²) in [6.07, 6.45) is 0.762. The number of aryl methyl sites for hydroxylation is 1. The van der Waals surface area contributed by atoms with Gasteiger partial charge in [0.1, 0.15) is 12.3 Å². The first-order valence-electron chi connectivity index (χ1n) is 10.5. The molecule has 0 unspecified atom stereocenters. The first-order chi connectivity index (χ1) is 15.4. The van der Waals surface area contributed by atoms with Crippen molar-refractivity contribution in [3.63, 3.8) is 0 Å². The third-order valence-electron chi connectivity index (χ3n) is 5.76. The van der Waals surface area contributed by atoms with Crippen LogP contribution >= 0.6 is 0 Å². The van der Waals surface area contributed by atoms with Crippen molar-refractivity contribution in [2.75, 3.05) is 24.5 Å². The van der Waals surface area contributed by atoms with Crippen LogP contribution in [0.4, 0.5) is 5.69 Å². The zero-order valence-electron chi connectivity index (χ0n) is 18.2. The van der Waals surface area contributed by atoms with E-state index in [-0.39, 0.29) is 17.3 Å². The van der Waals surface area contributed by atoms with E-state index in [2.05, 4.69) is 6.07 Å². The Hall–Kier alpha value is -3.32. The number of rotatable bonds is 6. The van der Waals surface area contributed by atoms with E-state index in [0.717, 1.165) is 12.0 Å². The highest BCUT2D eigenvalue weighted by atomic mass is 32.2. The molecule has 1 aliphatic heterocycles. The molecule has 1 aliphatic rings. The molecule has 0 N–H and O–H groups in total. The molecule has 6 nitrogen and oxygen atoms in total. The number of ether oxygens (including phenoxy) is 1. The average Bonchev–Trinajstić information content (AvgIpc) is 2.82. The lowest BCUT2D eigenvalue weighted by Gasteiger charge is -2.32. The van der Waals surface area contributed by atoms with Crippen LogP contribution in [0.25, 0.3) is 0 Å². The molecule has 0 spiro atoms. The van der Waals surface area contributed by atoms with Gasteiger partial charge in [-0.2, -0.15) is 0 Å². The second-order valence-corrected chi connectivity index (χ2v) is 9.67. The van der Waals surface area contributed by atoms with Crippen molar-refractivity contribution in [1.29, 1.82) is 0 Å². The smallest absolute Gasteiger partial charge is 0.264 e. The summed E-state index contributed by atoms with van der Waals surface area (Å²) in [4.78, 5) is 15.1. The normalized spacial score (nSPS) is 13.4. The minimum absolute atomic E-state index is 0.122. The minimum atomic E-state index is -3.97. The molecule has 0 aromatic heterocycles. The molecule has 0 saturated carbocycles. The van der Waals surface area contributed by atoms with Crippen molar-refractivity contribution in [3.8, 4) is 5.75 Å². The van der Waals surface area contributed by atoms with Crippen LogP contribution in [0.1, 0.15) is 16.7 Å². The number of fused-ring (bicyclic) bond motifs is 1. The van der Waals surface area contributed by atoms with Crippen LogP contribution in [-0.4, -0.2) is 39.4 Å². The second kappa shape index (κ2) is 9.04. The lowest BCUT2D eigenvalue weighted by Crippen LogP contribution is -2.44. The summed E-state index contributed by atoms with van der Waals surface area (Å²) in [5.41, 5.74) is 3.50. The molecule has 0 atom stereocenters. The number of methoxy groups -OCH3 is 1. The van der Waals surface area contributed by atoms with Gasteiger partial charge >= 0.3 is 0 Å². The van der Waals surface area contributed by atoms with Crippen LogP contribution in [-0.2, 0) is 27.8 Å². The predicted molar refractivity (Wildman–Crippen MR) is 124 cm³/mol. The molecule has 32 heavy (non-hydrogen) atoms. The average molecular weight is 451 g/mol. The van der Waals surface area contributed by atoms with Gasteiger partial charge in [-0.15, -0.1) is 0 Å². The summed E-state index contributed by atoms with van der Waals surface area (Å²) in [6, 6.07) is 21.5. The van der Waals surface area contributed by atoms with E-state index in [1.165, 1.54) is 15.9 Å². The number of anilines is 1. The Balaban J connectivity index is 1.65. The number of hydrogen-bond donors (Lipinski definition) is 0. The fraction of sp³-hybridized carbons (Fsp3) is 0.240. The van der Waals surface area contributed by atoms with E-state index >= 15 is 0 Å². The van der Waals surface area contributed by atoms with E-state index in [0.29, 0.717) is 30.1 Å². The highest BCUT2D eigenvalue weighted by molar-refractivity contribution is 7.92. The molecule has 4 rings (SSSR count). The topological polar surface area (TPSA) is 66.9 Å². The number of hydrogen-bond acceptors (Lipinski definition) is 4. The van der Waals surface area contributed by atoms with Crippen LogP contribution in [0.15, 0.2) is 77.7 Å². The monoisotopic (exact) mass is 450 g/mol. The van der Waals surface area contributed by atoms with Gasteiger partial charge in [0, 0.05) is 13.1 Å². The van der Waals surface area contributed by atoms with Gasteiger partial charge in [0.25, 0.3) is 10.0 Å². The molecule has 1 heterocycles. The van der Waals surface area contributed by atoms with Crippen molar-refractivity contribution in [3.05, 3.63) is 89.5 Å². The van der Waals surface area contributed by atoms with Crippen molar-refractivity contribution in [2.24, 2.45) is 0 Å². The van der Waals surface area contributed by atoms with Gasteiger partial charge < -0.3 is 9.64 Å². The van der Waals surface area contributed by atoms with Gasteiger partial charge in [-0.05, 0) is 60.4 Å². The summed E-state index contributed by atoms with van der Waals surface area (Å²) in [5.74, 6) is 0.385. The maximum absolute atomic E-state index is 13.6. The maximum atomic E-state index is 13.6. The molecule has 0 aliphatic carbocycles. The summed E-state index contributed by atoms with van der Waals surface area (Å²) in [6.45, 7) is 2.58. The number of carbonyl (C=O) groups is 1. The Bertz CT molecular complexity index is 1230. The molecule has 3 aromatic carbocycles. The molecule has 0 bridgehead atoms. The molecule has 7 heteroatoms. The summed E-state index contributed by atoms with van der Waals surface area (Å²) in [7, 11) is -2.42. The molecule has 1 amide bonds. The molecular formula is C25H26N2O4S. The SMILES string of the molecule is COc1ccc(S(=O)(=O)N(CC(=O)N2CCc3ccccc3C2)c2ccccc2)cc1C. The van der Waals surface area contributed by atoms with E-state index in [9.17, 15) is 13.2 Å². The molecular weight excluding hydrogens is 424 g/mol. The highest BCUT2D eigenvalue weighted by Crippen LogP contribution is 2.28. The molecule has 0 fully saturated rings. The molecule has 3 aromatic rings. The largest absolute Gasteiger partial charge is 0.496 e. The fourth-order valence-corrected chi connectivity index (χ4v) is 5.48. The predicted octanol–water partition coefficient (Wildman–Crippen LogP) is 3.78. The number of nitrogens with zero attached hydrogens (tertiary/aromatic N) is 2. The van der Waals surface area contributed by atoms with Crippen molar-refractivity contribution in [1.82, 2.24) is 4.90 Å². The maximum Gasteiger partial charge on any atom is 0.264 e. The highest BCUT2D eigenvalue weighted by Gasteiger charge is 2.30. The third-order valence-corrected chi connectivity index (χ3v) is 7.53. The Morgan fingerprint density at radius 1 is 1.00 bits per heavy atom. The van der Waals surface area contributed by atoms with E-state index in [1.54, 1.807) is 55.3 Å². The lowest BCUT2D eigenvalue weighted by molar-refractivity contribution is -0.130. The van der Waals surface area contributed by atoms with Crippen LogP contribution < -0.4 is 9.04 Å². The standard InChI is InChI=1S/C25H26N2O4S/c1-19-16-23(12-13-24(19)31-2)32(29,30)27(22-10-4-3-5-11-22)18-25(28)26-15-14-20-8-6-7-9-21(20)17-26/h3-13,16H,14-15,17-18H2,1-2H3. The van der Waals surface area contributed by atoms with Crippen molar-refractivity contribution < 1.29 is 17.9 Å². The van der Waals surface area contributed by atoms with Crippen LogP contribution in [0.2, 0.25) is 0 Å². The first-order valence-corrected chi connectivity index (χ1v) is 11.9. The second-order valence-electron chi connectivity index (χ2n) is 7.81. The zero-order valence-corrected chi connectivity index (χ0v) is 19.0. The molecule has 166 valence electrons. The molecule has 0 radical (unpaired) electrons. The first kappa shape index (κ1) is 21.9. The fourth-order valence-electron chi connectivity index (χ4n) is 3.98. The number of para-hydroxylation sites is 1. The van der Waals surface area contributed by atoms with E-state index in [4.69, 9.17) is 4.74 Å². The number of sulfonamides is 1. The Morgan fingerprint density at radius 3 is 2.38 bits per heavy atom. The van der Waals surface area contributed by atoms with Crippen LogP contribution in [0, 0.1) is 6.92 Å². The minimum Gasteiger partial charge on any atom is -0.496 e. The quantitative estimate of drug-likeness (QED) is 0.573. The van der Waals surface area contributed by atoms with Gasteiger partial charge in [-0.1, -0.05) is 42.5 Å². The van der Waals surface area contributed by atoms with Gasteiger partial charge in [-0.3, -0.25) is 9.10 Å². The lowest BCUT2D eigenvalue weighted by atomic mass is 10.00. The number of benzene rings is 3. The summed E-state index contributed by atoms with van der Waals surface area (Å²) < 4.78 is 33.7. The van der Waals surface area contributed by atoms with Gasteiger partial charge in [0.2, 0.25) is 5.91 Å². The Kier molecular flexibility index (Phi) is 6.19. The number of amides is 1. The Labute approximate surface area is 189 Å².